The lowest BCUT2D eigenvalue weighted by molar-refractivity contribution is -0.126. The normalized spacial score (nSPS) is 21.9. The number of aromatic hydroxyl groups is 1. The zero-order valence-corrected chi connectivity index (χ0v) is 17.6. The molecule has 5 rings (SSSR count). The van der Waals surface area contributed by atoms with Crippen LogP contribution in [-0.2, 0) is 19.2 Å². The van der Waals surface area contributed by atoms with Gasteiger partial charge >= 0.3 is 5.97 Å². The molecule has 2 amide bonds. The van der Waals surface area contributed by atoms with E-state index in [1.165, 1.54) is 43.5 Å². The summed E-state index contributed by atoms with van der Waals surface area (Å²) in [5.74, 6) is -2.07. The number of hydroxylamine groups is 1. The van der Waals surface area contributed by atoms with Crippen molar-refractivity contribution in [1.82, 2.24) is 0 Å². The number of anilines is 2. The third kappa shape index (κ3) is 3.41. The molecule has 33 heavy (non-hydrogen) atoms. The van der Waals surface area contributed by atoms with Crippen molar-refractivity contribution >= 4 is 29.2 Å². The summed E-state index contributed by atoms with van der Waals surface area (Å²) in [6, 6.07) is 21.3. The summed E-state index contributed by atoms with van der Waals surface area (Å²) in [6.45, 7) is 0. The molecule has 3 atom stereocenters. The number of phenolic OH excluding ortho intramolecular Hbond substituents is 1. The molecular weight excluding hydrogens is 424 g/mol. The van der Waals surface area contributed by atoms with E-state index >= 15 is 0 Å². The van der Waals surface area contributed by atoms with Gasteiger partial charge in [-0.2, -0.15) is 0 Å². The summed E-state index contributed by atoms with van der Waals surface area (Å²) >= 11 is 0. The molecule has 0 aliphatic carbocycles. The van der Waals surface area contributed by atoms with Crippen LogP contribution in [0.25, 0.3) is 0 Å². The first-order chi connectivity index (χ1) is 16.0. The fourth-order valence-electron chi connectivity index (χ4n) is 4.34. The lowest BCUT2D eigenvalue weighted by Crippen LogP contribution is -2.37. The highest BCUT2D eigenvalue weighted by Crippen LogP contribution is 2.47. The number of ether oxygens (including phenoxy) is 1. The Labute approximate surface area is 189 Å². The molecule has 2 fully saturated rings. The Morgan fingerprint density at radius 1 is 0.879 bits per heavy atom. The maximum Gasteiger partial charge on any atom is 0.337 e. The smallest absolute Gasteiger partial charge is 0.337 e. The maximum atomic E-state index is 13.6. The van der Waals surface area contributed by atoms with Crippen LogP contribution < -0.4 is 9.96 Å². The molecular formula is C25H20N2O6. The number of phenols is 1. The van der Waals surface area contributed by atoms with Gasteiger partial charge in [-0.15, -0.1) is 0 Å². The number of hydrogen-bond acceptors (Lipinski definition) is 7. The van der Waals surface area contributed by atoms with Gasteiger partial charge in [-0.3, -0.25) is 14.4 Å². The summed E-state index contributed by atoms with van der Waals surface area (Å²) in [7, 11) is 1.28. The van der Waals surface area contributed by atoms with Crippen LogP contribution in [0, 0.1) is 5.92 Å². The van der Waals surface area contributed by atoms with Gasteiger partial charge in [0.15, 0.2) is 6.10 Å². The number of esters is 1. The van der Waals surface area contributed by atoms with E-state index in [0.29, 0.717) is 16.9 Å². The van der Waals surface area contributed by atoms with Gasteiger partial charge in [-0.1, -0.05) is 30.3 Å². The monoisotopic (exact) mass is 444 g/mol. The summed E-state index contributed by atoms with van der Waals surface area (Å²) in [5, 5.41) is 11.3. The molecule has 3 aromatic carbocycles. The Morgan fingerprint density at radius 2 is 1.55 bits per heavy atom. The van der Waals surface area contributed by atoms with Gasteiger partial charge in [0.05, 0.1) is 30.1 Å². The number of amides is 2. The lowest BCUT2D eigenvalue weighted by Gasteiger charge is -2.28. The van der Waals surface area contributed by atoms with E-state index in [2.05, 4.69) is 0 Å². The van der Waals surface area contributed by atoms with Gasteiger partial charge in [0, 0.05) is 0 Å². The minimum absolute atomic E-state index is 0.0987. The van der Waals surface area contributed by atoms with E-state index in [1.807, 2.05) is 30.3 Å². The molecule has 2 aliphatic rings. The second-order valence-corrected chi connectivity index (χ2v) is 7.80. The molecule has 0 bridgehead atoms. The highest BCUT2D eigenvalue weighted by Gasteiger charge is 2.60. The minimum atomic E-state index is -1.00. The molecule has 3 aromatic rings. The van der Waals surface area contributed by atoms with Crippen molar-refractivity contribution in [1.29, 1.82) is 0 Å². The topological polar surface area (TPSA) is 96.4 Å². The fourth-order valence-corrected chi connectivity index (χ4v) is 4.34. The van der Waals surface area contributed by atoms with Crippen LogP contribution in [0.2, 0.25) is 0 Å². The summed E-state index contributed by atoms with van der Waals surface area (Å²) in [4.78, 5) is 45.7. The number of imide groups is 1. The third-order valence-corrected chi connectivity index (χ3v) is 5.91. The van der Waals surface area contributed by atoms with Crippen LogP contribution in [0.4, 0.5) is 11.4 Å². The molecule has 0 radical (unpaired) electrons. The first-order valence-electron chi connectivity index (χ1n) is 10.4. The van der Waals surface area contributed by atoms with Crippen molar-refractivity contribution in [3.63, 3.8) is 0 Å². The lowest BCUT2D eigenvalue weighted by atomic mass is 9.90. The van der Waals surface area contributed by atoms with Crippen molar-refractivity contribution in [2.75, 3.05) is 17.1 Å². The number of carbonyl (C=O) groups is 3. The summed E-state index contributed by atoms with van der Waals surface area (Å²) in [6.07, 6.45) is -1.00. The Kier molecular flexibility index (Phi) is 5.07. The van der Waals surface area contributed by atoms with E-state index in [9.17, 15) is 19.5 Å². The van der Waals surface area contributed by atoms with Crippen molar-refractivity contribution in [2.24, 2.45) is 5.92 Å². The van der Waals surface area contributed by atoms with E-state index in [4.69, 9.17) is 9.57 Å². The number of hydrogen-bond donors (Lipinski definition) is 1. The second kappa shape index (κ2) is 8.07. The first-order valence-corrected chi connectivity index (χ1v) is 10.4. The molecule has 3 unspecified atom stereocenters. The number of benzene rings is 3. The maximum absolute atomic E-state index is 13.6. The number of fused-ring (bicyclic) bond motifs is 1. The first kappa shape index (κ1) is 20.7. The molecule has 0 saturated carbocycles. The van der Waals surface area contributed by atoms with Gasteiger partial charge < -0.3 is 9.84 Å². The number of carbonyl (C=O) groups excluding carboxylic acids is 3. The number of rotatable bonds is 4. The average molecular weight is 444 g/mol. The zero-order valence-electron chi connectivity index (χ0n) is 17.6. The number of nitrogens with zero attached hydrogens (tertiary/aromatic N) is 2. The molecule has 2 saturated heterocycles. The van der Waals surface area contributed by atoms with Gasteiger partial charge in [0.2, 0.25) is 5.91 Å². The predicted molar refractivity (Wildman–Crippen MR) is 118 cm³/mol. The van der Waals surface area contributed by atoms with E-state index in [0.717, 1.165) is 10.5 Å². The molecule has 2 aliphatic heterocycles. The van der Waals surface area contributed by atoms with Crippen LogP contribution in [0.5, 0.6) is 5.75 Å². The number of para-hydroxylation sites is 1. The molecule has 2 heterocycles. The van der Waals surface area contributed by atoms with Gasteiger partial charge in [-0.05, 0) is 54.1 Å². The Bertz CT molecular complexity index is 1210. The largest absolute Gasteiger partial charge is 0.508 e. The number of methoxy groups -OCH3 is 1. The van der Waals surface area contributed by atoms with E-state index in [1.54, 1.807) is 17.2 Å². The summed E-state index contributed by atoms with van der Waals surface area (Å²) < 4.78 is 4.70. The summed E-state index contributed by atoms with van der Waals surface area (Å²) in [5.41, 5.74) is 2.10. The predicted octanol–water partition coefficient (Wildman–Crippen LogP) is 3.23. The SMILES string of the molecule is COC(=O)c1ccc(N2C(=O)C3ON(c4ccccc4)C(c4ccc(O)cc4)C3C2=O)cc1. The fraction of sp³-hybridized carbons (Fsp3) is 0.160. The van der Waals surface area contributed by atoms with Crippen molar-refractivity contribution in [3.8, 4) is 5.75 Å². The zero-order chi connectivity index (χ0) is 23.1. The minimum Gasteiger partial charge on any atom is -0.508 e. The van der Waals surface area contributed by atoms with E-state index < -0.39 is 35.8 Å². The van der Waals surface area contributed by atoms with Crippen LogP contribution in [0.1, 0.15) is 22.0 Å². The third-order valence-electron chi connectivity index (χ3n) is 5.91. The van der Waals surface area contributed by atoms with Crippen molar-refractivity contribution in [2.45, 2.75) is 12.1 Å². The average Bonchev–Trinajstić information content (AvgIpc) is 3.36. The second-order valence-electron chi connectivity index (χ2n) is 7.80. The molecule has 166 valence electrons. The van der Waals surface area contributed by atoms with Crippen LogP contribution >= 0.6 is 0 Å². The van der Waals surface area contributed by atoms with Crippen LogP contribution in [0.15, 0.2) is 78.9 Å². The quantitative estimate of drug-likeness (QED) is 0.488. The van der Waals surface area contributed by atoms with Crippen LogP contribution in [-0.4, -0.2) is 36.1 Å². The van der Waals surface area contributed by atoms with Crippen molar-refractivity contribution < 1.29 is 29.1 Å². The highest BCUT2D eigenvalue weighted by atomic mass is 16.7. The Morgan fingerprint density at radius 3 is 2.18 bits per heavy atom. The molecule has 0 aromatic heterocycles. The Hall–Kier alpha value is -4.17. The molecule has 0 spiro atoms. The molecule has 1 N–H and O–H groups in total. The van der Waals surface area contributed by atoms with Gasteiger partial charge in [0.25, 0.3) is 5.91 Å². The van der Waals surface area contributed by atoms with E-state index in [-0.39, 0.29) is 5.75 Å². The van der Waals surface area contributed by atoms with Gasteiger partial charge in [0.1, 0.15) is 11.7 Å². The van der Waals surface area contributed by atoms with Gasteiger partial charge in [-0.25, -0.2) is 14.8 Å². The van der Waals surface area contributed by atoms with Crippen LogP contribution in [0.3, 0.4) is 0 Å². The highest BCUT2D eigenvalue weighted by molar-refractivity contribution is 6.24. The molecule has 8 nitrogen and oxygen atoms in total. The Balaban J connectivity index is 1.53. The van der Waals surface area contributed by atoms with Crippen molar-refractivity contribution in [3.05, 3.63) is 90.0 Å². The standard InChI is InChI=1S/C25H20N2O6/c1-32-25(31)16-7-11-17(12-8-16)26-23(29)20-21(15-9-13-19(28)14-10-15)27(33-22(20)24(26)30)18-5-3-2-4-6-18/h2-14,20-22,28H,1H3. The molecule has 8 heteroatoms.